The molecule has 1 unspecified atom stereocenters. The maximum Gasteiger partial charge on any atom is 0.414 e. The van der Waals surface area contributed by atoms with Gasteiger partial charge in [-0.2, -0.15) is 0 Å². The zero-order chi connectivity index (χ0) is 22.5. The number of ketones is 1. The van der Waals surface area contributed by atoms with Gasteiger partial charge in [0, 0.05) is 36.4 Å². The summed E-state index contributed by atoms with van der Waals surface area (Å²) in [6.45, 7) is 1.83. The van der Waals surface area contributed by atoms with Crippen molar-refractivity contribution in [2.75, 3.05) is 31.1 Å². The van der Waals surface area contributed by atoms with Gasteiger partial charge in [0.1, 0.15) is 11.9 Å². The third-order valence-corrected chi connectivity index (χ3v) is 5.87. The van der Waals surface area contributed by atoms with E-state index in [1.807, 2.05) is 6.07 Å². The van der Waals surface area contributed by atoms with Crippen LogP contribution in [0.4, 0.5) is 14.9 Å². The lowest BCUT2D eigenvalue weighted by molar-refractivity contribution is -0.121. The van der Waals surface area contributed by atoms with Gasteiger partial charge in [-0.15, -0.1) is 0 Å². The molecule has 0 saturated carbocycles. The van der Waals surface area contributed by atoms with Crippen LogP contribution in [0.3, 0.4) is 0 Å². The molecule has 4 rings (SSSR count). The number of nitrogens with zero attached hydrogens (tertiary/aromatic N) is 1. The average Bonchev–Trinajstić information content (AvgIpc) is 3.46. The Labute approximate surface area is 185 Å². The summed E-state index contributed by atoms with van der Waals surface area (Å²) in [6.07, 6.45) is -0.136. The minimum absolute atomic E-state index is 0.0000886. The fourth-order valence-corrected chi connectivity index (χ4v) is 4.20. The van der Waals surface area contributed by atoms with Gasteiger partial charge >= 0.3 is 6.09 Å². The molecule has 168 valence electrons. The van der Waals surface area contributed by atoms with Crippen LogP contribution in [0, 0.1) is 5.82 Å². The number of hydrogen-bond donors (Lipinski definition) is 2. The predicted octanol–water partition coefficient (Wildman–Crippen LogP) is 3.01. The van der Waals surface area contributed by atoms with Crippen molar-refractivity contribution in [3.63, 3.8) is 0 Å². The molecule has 0 aromatic heterocycles. The Morgan fingerprint density at radius 2 is 1.94 bits per heavy atom. The standard InChI is InChI=1S/C24H26FN3O4/c25-19-7-4-8-20(23(19)17-11-12-26-13-17)28-15-18(32-24(28)31)14-27-22(30)10-9-21(29)16-5-2-1-3-6-16/h1-8,17-18,26H,9-15H2,(H,27,30)/t17?,18-/m0/s1. The number of rotatable bonds is 8. The molecule has 8 heteroatoms. The lowest BCUT2D eigenvalue weighted by Gasteiger charge is -2.21. The number of amides is 2. The Balaban J connectivity index is 1.31. The number of ether oxygens (including phenoxy) is 1. The van der Waals surface area contributed by atoms with E-state index >= 15 is 0 Å². The van der Waals surface area contributed by atoms with Gasteiger partial charge < -0.3 is 15.4 Å². The molecule has 2 fully saturated rings. The molecule has 0 spiro atoms. The van der Waals surface area contributed by atoms with Crippen molar-refractivity contribution in [2.24, 2.45) is 0 Å². The number of carbonyl (C=O) groups is 3. The summed E-state index contributed by atoms with van der Waals surface area (Å²) in [5, 5.41) is 5.95. The van der Waals surface area contributed by atoms with E-state index in [1.54, 1.807) is 36.4 Å². The SMILES string of the molecule is O=C(CCC(=O)c1ccccc1)NC[C@H]1CN(c2cccc(F)c2C2CCNC2)C(=O)O1. The third kappa shape index (κ3) is 4.96. The molecule has 2 N–H and O–H groups in total. The van der Waals surface area contributed by atoms with Crippen LogP contribution in [0.1, 0.15) is 41.1 Å². The summed E-state index contributed by atoms with van der Waals surface area (Å²) in [5.74, 6) is -0.713. The first-order valence-corrected chi connectivity index (χ1v) is 10.8. The fourth-order valence-electron chi connectivity index (χ4n) is 4.20. The van der Waals surface area contributed by atoms with E-state index < -0.39 is 12.2 Å². The summed E-state index contributed by atoms with van der Waals surface area (Å²) in [6, 6.07) is 13.5. The van der Waals surface area contributed by atoms with E-state index in [0.717, 1.165) is 13.0 Å². The third-order valence-electron chi connectivity index (χ3n) is 5.87. The highest BCUT2D eigenvalue weighted by atomic mass is 19.1. The molecule has 2 aromatic rings. The Morgan fingerprint density at radius 3 is 2.69 bits per heavy atom. The maximum atomic E-state index is 14.6. The molecule has 2 aliphatic heterocycles. The monoisotopic (exact) mass is 439 g/mol. The molecule has 2 atom stereocenters. The minimum atomic E-state index is -0.554. The molecule has 32 heavy (non-hydrogen) atoms. The first kappa shape index (κ1) is 22.0. The van der Waals surface area contributed by atoms with Gasteiger partial charge in [0.2, 0.25) is 5.91 Å². The van der Waals surface area contributed by atoms with Gasteiger partial charge in [0.15, 0.2) is 5.78 Å². The molecule has 0 radical (unpaired) electrons. The summed E-state index contributed by atoms with van der Waals surface area (Å²) in [4.78, 5) is 38.2. The van der Waals surface area contributed by atoms with Crippen LogP contribution in [0.5, 0.6) is 0 Å². The van der Waals surface area contributed by atoms with Crippen molar-refractivity contribution >= 4 is 23.5 Å². The Bertz CT molecular complexity index is 992. The molecule has 2 aliphatic rings. The molecule has 0 bridgehead atoms. The number of cyclic esters (lactones) is 1. The molecule has 7 nitrogen and oxygen atoms in total. The number of benzene rings is 2. The number of anilines is 1. The van der Waals surface area contributed by atoms with Crippen LogP contribution in [0.25, 0.3) is 0 Å². The van der Waals surface area contributed by atoms with Gasteiger partial charge in [0.25, 0.3) is 0 Å². The topological polar surface area (TPSA) is 87.7 Å². The van der Waals surface area contributed by atoms with Crippen molar-refractivity contribution in [2.45, 2.75) is 31.3 Å². The molecular formula is C24H26FN3O4. The molecule has 2 amide bonds. The lowest BCUT2D eigenvalue weighted by atomic mass is 9.95. The van der Waals surface area contributed by atoms with E-state index in [0.29, 0.717) is 23.4 Å². The highest BCUT2D eigenvalue weighted by Gasteiger charge is 2.36. The summed E-state index contributed by atoms with van der Waals surface area (Å²) in [7, 11) is 0. The highest BCUT2D eigenvalue weighted by molar-refractivity contribution is 5.98. The smallest absolute Gasteiger partial charge is 0.414 e. The first-order chi connectivity index (χ1) is 15.5. The Morgan fingerprint density at radius 1 is 1.12 bits per heavy atom. The number of carbonyl (C=O) groups excluding carboxylic acids is 3. The predicted molar refractivity (Wildman–Crippen MR) is 117 cm³/mol. The van der Waals surface area contributed by atoms with Crippen LogP contribution in [-0.4, -0.2) is 50.1 Å². The van der Waals surface area contributed by atoms with E-state index in [9.17, 15) is 18.8 Å². The zero-order valence-electron chi connectivity index (χ0n) is 17.7. The van der Waals surface area contributed by atoms with Crippen molar-refractivity contribution in [3.05, 3.63) is 65.5 Å². The average molecular weight is 439 g/mol. The Kier molecular flexibility index (Phi) is 6.80. The second-order valence-corrected chi connectivity index (χ2v) is 8.07. The van der Waals surface area contributed by atoms with Crippen molar-refractivity contribution in [1.29, 1.82) is 0 Å². The van der Waals surface area contributed by atoms with Crippen LogP contribution < -0.4 is 15.5 Å². The summed E-state index contributed by atoms with van der Waals surface area (Å²) < 4.78 is 20.0. The van der Waals surface area contributed by atoms with Crippen LogP contribution >= 0.6 is 0 Å². The van der Waals surface area contributed by atoms with Gasteiger partial charge in [-0.25, -0.2) is 9.18 Å². The van der Waals surface area contributed by atoms with Gasteiger partial charge in [-0.3, -0.25) is 14.5 Å². The van der Waals surface area contributed by atoms with Crippen molar-refractivity contribution in [3.8, 4) is 0 Å². The molecular weight excluding hydrogens is 413 g/mol. The second kappa shape index (κ2) is 9.91. The van der Waals surface area contributed by atoms with E-state index in [-0.39, 0.29) is 49.4 Å². The lowest BCUT2D eigenvalue weighted by Crippen LogP contribution is -2.35. The summed E-state index contributed by atoms with van der Waals surface area (Å²) in [5.41, 5.74) is 1.62. The Hall–Kier alpha value is -3.26. The van der Waals surface area contributed by atoms with Gasteiger partial charge in [-0.1, -0.05) is 36.4 Å². The molecule has 2 saturated heterocycles. The minimum Gasteiger partial charge on any atom is -0.442 e. The zero-order valence-corrected chi connectivity index (χ0v) is 17.7. The number of nitrogens with one attached hydrogen (secondary N) is 2. The van der Waals surface area contributed by atoms with E-state index in [1.165, 1.54) is 11.0 Å². The van der Waals surface area contributed by atoms with E-state index in [4.69, 9.17) is 4.74 Å². The maximum absolute atomic E-state index is 14.6. The molecule has 0 aliphatic carbocycles. The van der Waals surface area contributed by atoms with Gasteiger partial charge in [0.05, 0.1) is 18.8 Å². The normalized spacial score (nSPS) is 20.3. The molecule has 2 aromatic carbocycles. The summed E-state index contributed by atoms with van der Waals surface area (Å²) >= 11 is 0. The number of Topliss-reactive ketones (excluding diaryl/α,β-unsaturated/α-hetero) is 1. The quantitative estimate of drug-likeness (QED) is 0.618. The number of hydrogen-bond acceptors (Lipinski definition) is 5. The first-order valence-electron chi connectivity index (χ1n) is 10.8. The second-order valence-electron chi connectivity index (χ2n) is 8.07. The largest absolute Gasteiger partial charge is 0.442 e. The fraction of sp³-hybridized carbons (Fsp3) is 0.375. The van der Waals surface area contributed by atoms with Crippen LogP contribution in [-0.2, 0) is 9.53 Å². The van der Waals surface area contributed by atoms with Crippen LogP contribution in [0.2, 0.25) is 0 Å². The number of halogens is 1. The highest BCUT2D eigenvalue weighted by Crippen LogP contribution is 2.35. The van der Waals surface area contributed by atoms with Crippen molar-refractivity contribution in [1.82, 2.24) is 10.6 Å². The van der Waals surface area contributed by atoms with E-state index in [2.05, 4.69) is 10.6 Å². The van der Waals surface area contributed by atoms with Gasteiger partial charge in [-0.05, 0) is 25.1 Å². The van der Waals surface area contributed by atoms with Crippen LogP contribution in [0.15, 0.2) is 48.5 Å². The van der Waals surface area contributed by atoms with Crippen molar-refractivity contribution < 1.29 is 23.5 Å². The molecule has 2 heterocycles.